The third-order valence-corrected chi connectivity index (χ3v) is 3.25. The molecule has 2 rings (SSSR count). The molecule has 0 aromatic heterocycles. The highest BCUT2D eigenvalue weighted by atomic mass is 79.9. The van der Waals surface area contributed by atoms with Gasteiger partial charge in [0.15, 0.2) is 0 Å². The number of amides is 1. The van der Waals surface area contributed by atoms with Gasteiger partial charge in [-0.05, 0) is 37.3 Å². The fourth-order valence-electron chi connectivity index (χ4n) is 1.69. The summed E-state index contributed by atoms with van der Waals surface area (Å²) in [7, 11) is 0. The van der Waals surface area contributed by atoms with Crippen LogP contribution in [0.15, 0.2) is 46.0 Å². The lowest BCUT2D eigenvalue weighted by atomic mass is 10.1. The van der Waals surface area contributed by atoms with Crippen LogP contribution < -0.4 is 5.43 Å². The number of nitrogens with zero attached hydrogens (tertiary/aromatic N) is 1. The smallest absolute Gasteiger partial charge is 0.275 e. The number of aromatic hydroxyl groups is 2. The topological polar surface area (TPSA) is 81.9 Å². The van der Waals surface area contributed by atoms with Gasteiger partial charge in [0.25, 0.3) is 5.91 Å². The number of hydrogen-bond acceptors (Lipinski definition) is 4. The fraction of sp³-hybridized carbons (Fsp3) is 0.0667. The molecule has 0 saturated heterocycles. The summed E-state index contributed by atoms with van der Waals surface area (Å²) >= 11 is 3.22. The number of rotatable bonds is 3. The number of hydrazone groups is 1. The van der Waals surface area contributed by atoms with E-state index in [1.165, 1.54) is 18.3 Å². The largest absolute Gasteiger partial charge is 0.507 e. The number of aryl methyl sites for hydroxylation is 1. The molecule has 3 N–H and O–H groups in total. The number of phenolic OH excluding ortho intramolecular Hbond substituents is 2. The molecule has 0 bridgehead atoms. The molecule has 0 radical (unpaired) electrons. The van der Waals surface area contributed by atoms with Crippen molar-refractivity contribution in [1.82, 2.24) is 5.43 Å². The van der Waals surface area contributed by atoms with Crippen LogP contribution in [0.25, 0.3) is 0 Å². The van der Waals surface area contributed by atoms with Crippen molar-refractivity contribution in [2.45, 2.75) is 6.92 Å². The predicted octanol–water partition coefficient (Wildman–Crippen LogP) is 2.93. The molecule has 0 saturated carbocycles. The van der Waals surface area contributed by atoms with Gasteiger partial charge in [-0.1, -0.05) is 27.6 Å². The Bertz CT molecular complexity index is 714. The summed E-state index contributed by atoms with van der Waals surface area (Å²) in [6.45, 7) is 1.88. The van der Waals surface area contributed by atoms with Crippen LogP contribution >= 0.6 is 15.9 Å². The second-order valence-corrected chi connectivity index (χ2v) is 5.34. The summed E-state index contributed by atoms with van der Waals surface area (Å²) in [5, 5.41) is 23.1. The quantitative estimate of drug-likeness (QED) is 0.589. The Morgan fingerprint density at radius 2 is 1.90 bits per heavy atom. The van der Waals surface area contributed by atoms with Gasteiger partial charge in [-0.25, -0.2) is 5.43 Å². The molecule has 6 heteroatoms. The van der Waals surface area contributed by atoms with Crippen LogP contribution in [0.1, 0.15) is 21.5 Å². The molecule has 2 aromatic rings. The number of phenols is 2. The van der Waals surface area contributed by atoms with Crippen LogP contribution in [0.2, 0.25) is 0 Å². The van der Waals surface area contributed by atoms with Crippen LogP contribution in [-0.4, -0.2) is 22.3 Å². The predicted molar refractivity (Wildman–Crippen MR) is 83.7 cm³/mol. The van der Waals surface area contributed by atoms with E-state index in [0.717, 1.165) is 5.56 Å². The van der Waals surface area contributed by atoms with Gasteiger partial charge in [0.2, 0.25) is 0 Å². The highest BCUT2D eigenvalue weighted by molar-refractivity contribution is 9.10. The van der Waals surface area contributed by atoms with Crippen molar-refractivity contribution >= 4 is 28.1 Å². The molecule has 0 atom stereocenters. The van der Waals surface area contributed by atoms with Crippen molar-refractivity contribution in [1.29, 1.82) is 0 Å². The Balaban J connectivity index is 2.12. The molecule has 0 aliphatic rings. The molecular weight excluding hydrogens is 336 g/mol. The number of carbonyl (C=O) groups is 1. The Hall–Kier alpha value is -2.34. The summed E-state index contributed by atoms with van der Waals surface area (Å²) in [5.41, 5.74) is 3.86. The molecule has 0 aliphatic carbocycles. The molecule has 0 aliphatic heterocycles. The van der Waals surface area contributed by atoms with E-state index < -0.39 is 5.91 Å². The van der Waals surface area contributed by atoms with Gasteiger partial charge in [-0.3, -0.25) is 4.79 Å². The maximum absolute atomic E-state index is 11.9. The van der Waals surface area contributed by atoms with E-state index in [-0.39, 0.29) is 17.1 Å². The number of carbonyl (C=O) groups excluding carboxylic acids is 1. The summed E-state index contributed by atoms with van der Waals surface area (Å²) < 4.78 is 0.672. The molecule has 0 unspecified atom stereocenters. The second kappa shape index (κ2) is 6.41. The average molecular weight is 349 g/mol. The third-order valence-electron chi connectivity index (χ3n) is 2.76. The van der Waals surface area contributed by atoms with Crippen LogP contribution in [0, 0.1) is 6.92 Å². The normalized spacial score (nSPS) is 10.8. The van der Waals surface area contributed by atoms with Gasteiger partial charge in [0.05, 0.1) is 11.8 Å². The second-order valence-electron chi connectivity index (χ2n) is 4.42. The van der Waals surface area contributed by atoms with E-state index in [2.05, 4.69) is 26.5 Å². The Morgan fingerprint density at radius 3 is 2.67 bits per heavy atom. The Kier molecular flexibility index (Phi) is 4.59. The first-order chi connectivity index (χ1) is 9.97. The van der Waals surface area contributed by atoms with Gasteiger partial charge in [-0.2, -0.15) is 5.10 Å². The summed E-state index contributed by atoms with van der Waals surface area (Å²) in [4.78, 5) is 11.9. The van der Waals surface area contributed by atoms with Crippen molar-refractivity contribution < 1.29 is 15.0 Å². The lowest BCUT2D eigenvalue weighted by molar-refractivity contribution is 0.0952. The van der Waals surface area contributed by atoms with Crippen molar-refractivity contribution in [3.63, 3.8) is 0 Å². The number of halogens is 1. The first-order valence-corrected chi connectivity index (χ1v) is 6.88. The van der Waals surface area contributed by atoms with Crippen LogP contribution in [0.3, 0.4) is 0 Å². The fourth-order valence-corrected chi connectivity index (χ4v) is 2.05. The van der Waals surface area contributed by atoms with Crippen molar-refractivity contribution in [3.05, 3.63) is 57.6 Å². The average Bonchev–Trinajstić information content (AvgIpc) is 2.45. The molecule has 108 valence electrons. The SMILES string of the molecule is Cc1ccc(O)c(/C=N\NC(=O)c2cc(Br)ccc2O)c1. The van der Waals surface area contributed by atoms with E-state index in [4.69, 9.17) is 0 Å². The van der Waals surface area contributed by atoms with Crippen molar-refractivity contribution in [2.75, 3.05) is 0 Å². The third kappa shape index (κ3) is 3.82. The summed E-state index contributed by atoms with van der Waals surface area (Å²) in [5.74, 6) is -0.606. The van der Waals surface area contributed by atoms with Gasteiger partial charge in [-0.15, -0.1) is 0 Å². The Morgan fingerprint density at radius 1 is 1.19 bits per heavy atom. The molecule has 21 heavy (non-hydrogen) atoms. The molecule has 1 amide bonds. The number of hydrogen-bond donors (Lipinski definition) is 3. The minimum atomic E-state index is -0.544. The van der Waals surface area contributed by atoms with Crippen molar-refractivity contribution in [2.24, 2.45) is 5.10 Å². The van der Waals surface area contributed by atoms with Gasteiger partial charge >= 0.3 is 0 Å². The zero-order valence-electron chi connectivity index (χ0n) is 11.2. The van der Waals surface area contributed by atoms with E-state index in [0.29, 0.717) is 10.0 Å². The number of benzene rings is 2. The monoisotopic (exact) mass is 348 g/mol. The van der Waals surface area contributed by atoms with E-state index in [1.54, 1.807) is 24.3 Å². The maximum Gasteiger partial charge on any atom is 0.275 e. The molecule has 0 spiro atoms. The first-order valence-electron chi connectivity index (χ1n) is 6.09. The van der Waals surface area contributed by atoms with Gasteiger partial charge in [0, 0.05) is 10.0 Å². The van der Waals surface area contributed by atoms with Gasteiger partial charge in [0.1, 0.15) is 11.5 Å². The molecule has 2 aromatic carbocycles. The van der Waals surface area contributed by atoms with Gasteiger partial charge < -0.3 is 10.2 Å². The van der Waals surface area contributed by atoms with E-state index in [1.807, 2.05) is 6.92 Å². The molecular formula is C15H13BrN2O3. The zero-order valence-corrected chi connectivity index (χ0v) is 12.8. The highest BCUT2D eigenvalue weighted by Crippen LogP contribution is 2.21. The van der Waals surface area contributed by atoms with Crippen LogP contribution in [0.5, 0.6) is 11.5 Å². The summed E-state index contributed by atoms with van der Waals surface area (Å²) in [6.07, 6.45) is 1.34. The van der Waals surface area contributed by atoms with Crippen LogP contribution in [0.4, 0.5) is 0 Å². The Labute approximate surface area is 130 Å². The van der Waals surface area contributed by atoms with E-state index >= 15 is 0 Å². The molecule has 0 fully saturated rings. The van der Waals surface area contributed by atoms with Crippen molar-refractivity contribution in [3.8, 4) is 11.5 Å². The van der Waals surface area contributed by atoms with Crippen LogP contribution in [-0.2, 0) is 0 Å². The lowest BCUT2D eigenvalue weighted by Gasteiger charge is -2.04. The zero-order chi connectivity index (χ0) is 15.4. The standard InChI is InChI=1S/C15H13BrN2O3/c1-9-2-4-13(19)10(6-9)8-17-18-15(21)12-7-11(16)3-5-14(12)20/h2-8,19-20H,1H3,(H,18,21)/b17-8-. The highest BCUT2D eigenvalue weighted by Gasteiger charge is 2.10. The number of nitrogens with one attached hydrogen (secondary N) is 1. The summed E-state index contributed by atoms with van der Waals surface area (Å²) in [6, 6.07) is 9.59. The minimum absolute atomic E-state index is 0.0731. The van der Waals surface area contributed by atoms with E-state index in [9.17, 15) is 15.0 Å². The molecule has 5 nitrogen and oxygen atoms in total. The minimum Gasteiger partial charge on any atom is -0.507 e. The maximum atomic E-state index is 11.9. The first kappa shape index (κ1) is 15.1. The molecule has 0 heterocycles. The lowest BCUT2D eigenvalue weighted by Crippen LogP contribution is -2.17.